The Balaban J connectivity index is 1.83. The van der Waals surface area contributed by atoms with Gasteiger partial charge in [0.05, 0.1) is 5.56 Å². The van der Waals surface area contributed by atoms with Crippen LogP contribution in [0.25, 0.3) is 11.5 Å². The number of benzene rings is 1. The van der Waals surface area contributed by atoms with Gasteiger partial charge in [-0.05, 0) is 31.9 Å². The van der Waals surface area contributed by atoms with Gasteiger partial charge in [-0.3, -0.25) is 0 Å². The summed E-state index contributed by atoms with van der Waals surface area (Å²) in [5.74, 6) is 1.84. The molecule has 0 saturated heterocycles. The summed E-state index contributed by atoms with van der Waals surface area (Å²) in [5.41, 5.74) is 8.71. The lowest BCUT2D eigenvalue weighted by atomic mass is 9.91. The molecule has 0 atom stereocenters. The number of rotatable bonds is 2. The van der Waals surface area contributed by atoms with E-state index in [9.17, 15) is 0 Å². The van der Waals surface area contributed by atoms with Crippen LogP contribution < -0.4 is 5.73 Å². The molecule has 4 heteroatoms. The summed E-state index contributed by atoms with van der Waals surface area (Å²) in [5, 5.41) is 4.22. The van der Waals surface area contributed by atoms with Gasteiger partial charge < -0.3 is 10.3 Å². The predicted molar refractivity (Wildman–Crippen MR) is 83.9 cm³/mol. The number of nitrogens with zero attached hydrogens (tertiary/aromatic N) is 2. The van der Waals surface area contributed by atoms with Crippen molar-refractivity contribution in [3.05, 3.63) is 29.6 Å². The minimum atomic E-state index is 0.439. The van der Waals surface area contributed by atoms with Crippen molar-refractivity contribution < 1.29 is 4.52 Å². The van der Waals surface area contributed by atoms with Crippen LogP contribution >= 0.6 is 0 Å². The SMILES string of the molecule is Cc1ccc(N)c(-c2nc(C3CCCCCCC3)no2)c1. The van der Waals surface area contributed by atoms with Gasteiger partial charge >= 0.3 is 0 Å². The third-order valence-corrected chi connectivity index (χ3v) is 4.35. The number of anilines is 1. The average Bonchev–Trinajstić information content (AvgIpc) is 2.90. The molecule has 112 valence electrons. The van der Waals surface area contributed by atoms with Gasteiger partial charge in [0.25, 0.3) is 5.89 Å². The Kier molecular flexibility index (Phi) is 4.23. The number of hydrogen-bond acceptors (Lipinski definition) is 4. The van der Waals surface area contributed by atoms with E-state index in [4.69, 9.17) is 10.3 Å². The van der Waals surface area contributed by atoms with Crippen molar-refractivity contribution in [1.29, 1.82) is 0 Å². The lowest BCUT2D eigenvalue weighted by molar-refractivity contribution is 0.393. The molecule has 0 unspecified atom stereocenters. The zero-order chi connectivity index (χ0) is 14.7. The largest absolute Gasteiger partial charge is 0.398 e. The van der Waals surface area contributed by atoms with Crippen molar-refractivity contribution in [2.24, 2.45) is 0 Å². The van der Waals surface area contributed by atoms with Gasteiger partial charge in [0.15, 0.2) is 5.82 Å². The molecule has 0 amide bonds. The number of nitrogens with two attached hydrogens (primary N) is 1. The Morgan fingerprint density at radius 1 is 1.10 bits per heavy atom. The molecule has 0 spiro atoms. The average molecular weight is 285 g/mol. The molecular weight excluding hydrogens is 262 g/mol. The zero-order valence-corrected chi connectivity index (χ0v) is 12.6. The summed E-state index contributed by atoms with van der Waals surface area (Å²) in [6, 6.07) is 5.89. The topological polar surface area (TPSA) is 64.9 Å². The van der Waals surface area contributed by atoms with E-state index in [1.54, 1.807) is 0 Å². The van der Waals surface area contributed by atoms with E-state index >= 15 is 0 Å². The summed E-state index contributed by atoms with van der Waals surface area (Å²) in [6.45, 7) is 2.04. The van der Waals surface area contributed by atoms with Crippen molar-refractivity contribution in [2.75, 3.05) is 5.73 Å². The van der Waals surface area contributed by atoms with Gasteiger partial charge in [-0.1, -0.05) is 48.9 Å². The second kappa shape index (κ2) is 6.29. The Morgan fingerprint density at radius 3 is 2.57 bits per heavy atom. The van der Waals surface area contributed by atoms with Gasteiger partial charge in [0.2, 0.25) is 0 Å². The number of hydrogen-bond donors (Lipinski definition) is 1. The quantitative estimate of drug-likeness (QED) is 0.828. The summed E-state index contributed by atoms with van der Waals surface area (Å²) in [4.78, 5) is 4.62. The van der Waals surface area contributed by atoms with Crippen molar-refractivity contribution in [3.63, 3.8) is 0 Å². The lowest BCUT2D eigenvalue weighted by Crippen LogP contribution is -2.04. The highest BCUT2D eigenvalue weighted by Gasteiger charge is 2.20. The van der Waals surface area contributed by atoms with Crippen molar-refractivity contribution in [2.45, 2.75) is 57.8 Å². The van der Waals surface area contributed by atoms with Crippen LogP contribution in [-0.2, 0) is 0 Å². The first-order chi connectivity index (χ1) is 10.2. The molecule has 1 aliphatic carbocycles. The first-order valence-corrected chi connectivity index (χ1v) is 7.94. The highest BCUT2D eigenvalue weighted by molar-refractivity contribution is 5.70. The van der Waals surface area contributed by atoms with E-state index in [0.717, 1.165) is 17.0 Å². The van der Waals surface area contributed by atoms with Crippen LogP contribution in [0.5, 0.6) is 0 Å². The molecule has 1 aromatic heterocycles. The Labute approximate surface area is 125 Å². The fraction of sp³-hybridized carbons (Fsp3) is 0.529. The van der Waals surface area contributed by atoms with E-state index in [2.05, 4.69) is 10.1 Å². The molecule has 1 aliphatic rings. The number of aryl methyl sites for hydroxylation is 1. The van der Waals surface area contributed by atoms with Crippen LogP contribution in [-0.4, -0.2) is 10.1 Å². The van der Waals surface area contributed by atoms with Gasteiger partial charge in [0, 0.05) is 11.6 Å². The van der Waals surface area contributed by atoms with Gasteiger partial charge in [-0.2, -0.15) is 4.98 Å². The molecule has 1 heterocycles. The second-order valence-electron chi connectivity index (χ2n) is 6.09. The van der Waals surface area contributed by atoms with E-state index in [1.165, 1.54) is 44.9 Å². The van der Waals surface area contributed by atoms with E-state index in [-0.39, 0.29) is 0 Å². The molecule has 0 radical (unpaired) electrons. The monoisotopic (exact) mass is 285 g/mol. The highest BCUT2D eigenvalue weighted by Crippen LogP contribution is 2.32. The normalized spacial score (nSPS) is 17.4. The Hall–Kier alpha value is -1.84. The predicted octanol–water partition coefficient (Wildman–Crippen LogP) is 4.46. The van der Waals surface area contributed by atoms with E-state index < -0.39 is 0 Å². The standard InChI is InChI=1S/C17H23N3O/c1-12-9-10-15(18)14(11-12)17-19-16(20-21-17)13-7-5-3-2-4-6-8-13/h9-11,13H,2-8,18H2,1H3. The molecule has 2 aromatic rings. The molecule has 0 aliphatic heterocycles. The molecule has 4 nitrogen and oxygen atoms in total. The molecule has 2 N–H and O–H groups in total. The van der Waals surface area contributed by atoms with Crippen LogP contribution in [0.1, 0.15) is 62.3 Å². The fourth-order valence-corrected chi connectivity index (χ4v) is 3.08. The zero-order valence-electron chi connectivity index (χ0n) is 12.6. The number of aromatic nitrogens is 2. The number of nitrogen functional groups attached to an aromatic ring is 1. The van der Waals surface area contributed by atoms with Gasteiger partial charge in [0.1, 0.15) is 0 Å². The smallest absolute Gasteiger partial charge is 0.260 e. The summed E-state index contributed by atoms with van der Waals surface area (Å²) in [7, 11) is 0. The molecule has 21 heavy (non-hydrogen) atoms. The first-order valence-electron chi connectivity index (χ1n) is 7.94. The van der Waals surface area contributed by atoms with Crippen LogP contribution in [0.4, 0.5) is 5.69 Å². The molecule has 0 bridgehead atoms. The van der Waals surface area contributed by atoms with E-state index in [1.807, 2.05) is 25.1 Å². The lowest BCUT2D eigenvalue weighted by Gasteiger charge is -2.15. The summed E-state index contributed by atoms with van der Waals surface area (Å²) >= 11 is 0. The maximum atomic E-state index is 6.03. The van der Waals surface area contributed by atoms with Crippen molar-refractivity contribution in [1.82, 2.24) is 10.1 Å². The molecule has 3 rings (SSSR count). The van der Waals surface area contributed by atoms with E-state index in [0.29, 0.717) is 17.5 Å². The summed E-state index contributed by atoms with van der Waals surface area (Å²) in [6.07, 6.45) is 8.88. The third kappa shape index (κ3) is 3.26. The van der Waals surface area contributed by atoms with Crippen molar-refractivity contribution >= 4 is 5.69 Å². The third-order valence-electron chi connectivity index (χ3n) is 4.35. The van der Waals surface area contributed by atoms with Crippen LogP contribution in [0, 0.1) is 6.92 Å². The van der Waals surface area contributed by atoms with Gasteiger partial charge in [-0.25, -0.2) is 0 Å². The highest BCUT2D eigenvalue weighted by atomic mass is 16.5. The second-order valence-corrected chi connectivity index (χ2v) is 6.09. The maximum Gasteiger partial charge on any atom is 0.260 e. The van der Waals surface area contributed by atoms with Gasteiger partial charge in [-0.15, -0.1) is 0 Å². The molecule has 1 fully saturated rings. The first kappa shape index (κ1) is 14.1. The fourth-order valence-electron chi connectivity index (χ4n) is 3.08. The molecule has 1 aromatic carbocycles. The van der Waals surface area contributed by atoms with Crippen LogP contribution in [0.2, 0.25) is 0 Å². The van der Waals surface area contributed by atoms with Crippen molar-refractivity contribution in [3.8, 4) is 11.5 Å². The Morgan fingerprint density at radius 2 is 1.81 bits per heavy atom. The molecular formula is C17H23N3O. The maximum absolute atomic E-state index is 6.03. The minimum Gasteiger partial charge on any atom is -0.398 e. The van der Waals surface area contributed by atoms with Crippen LogP contribution in [0.15, 0.2) is 22.7 Å². The minimum absolute atomic E-state index is 0.439. The van der Waals surface area contributed by atoms with Crippen LogP contribution in [0.3, 0.4) is 0 Å². The molecule has 1 saturated carbocycles. The summed E-state index contributed by atoms with van der Waals surface area (Å²) < 4.78 is 5.47. The Bertz CT molecular complexity index is 598.